The summed E-state index contributed by atoms with van der Waals surface area (Å²) in [5, 5.41) is 3.05. The van der Waals surface area contributed by atoms with E-state index in [2.05, 4.69) is 5.32 Å². The third kappa shape index (κ3) is 8.66. The SMILES string of the molecule is Cc1ccc(CN(C(=O)CN(c2cc(C)ccc2C)S(=O)(=O)N(C)C)C(Cc2ccccc2)C(=O)NC(C)(C)C)cc1. The van der Waals surface area contributed by atoms with Crippen molar-refractivity contribution in [2.75, 3.05) is 24.9 Å². The van der Waals surface area contributed by atoms with E-state index in [-0.39, 0.29) is 18.9 Å². The second-order valence-electron chi connectivity index (χ2n) is 12.0. The number of nitrogens with zero attached hydrogens (tertiary/aromatic N) is 3. The van der Waals surface area contributed by atoms with Crippen LogP contribution in [0.15, 0.2) is 72.8 Å². The van der Waals surface area contributed by atoms with E-state index < -0.39 is 34.2 Å². The molecule has 0 heterocycles. The zero-order valence-corrected chi connectivity index (χ0v) is 26.8. The molecule has 1 atom stereocenters. The molecule has 0 radical (unpaired) electrons. The lowest BCUT2D eigenvalue weighted by Crippen LogP contribution is -2.56. The number of benzene rings is 3. The molecule has 0 aromatic heterocycles. The molecule has 9 heteroatoms. The highest BCUT2D eigenvalue weighted by Crippen LogP contribution is 2.26. The third-order valence-electron chi connectivity index (χ3n) is 6.89. The van der Waals surface area contributed by atoms with E-state index in [1.54, 1.807) is 6.07 Å². The number of carbonyl (C=O) groups excluding carboxylic acids is 2. The van der Waals surface area contributed by atoms with Crippen LogP contribution in [0.2, 0.25) is 0 Å². The van der Waals surface area contributed by atoms with Gasteiger partial charge in [-0.1, -0.05) is 72.3 Å². The van der Waals surface area contributed by atoms with Gasteiger partial charge in [0, 0.05) is 32.6 Å². The molecule has 8 nitrogen and oxygen atoms in total. The van der Waals surface area contributed by atoms with Crippen LogP contribution in [-0.4, -0.2) is 61.7 Å². The molecule has 1 unspecified atom stereocenters. The molecule has 2 amide bonds. The van der Waals surface area contributed by atoms with Crippen LogP contribution in [0.3, 0.4) is 0 Å². The van der Waals surface area contributed by atoms with Crippen molar-refractivity contribution in [3.05, 3.63) is 101 Å². The van der Waals surface area contributed by atoms with E-state index >= 15 is 0 Å². The predicted molar refractivity (Wildman–Crippen MR) is 169 cm³/mol. The standard InChI is InChI=1S/C33H44N4O4S/c1-24-15-18-28(19-16-24)22-36(30(32(39)34-33(4,5)6)21-27-12-10-9-11-13-27)31(38)23-37(42(40,41)35(7)8)29-20-25(2)14-17-26(29)3/h9-20,30H,21-23H2,1-8H3,(H,34,39). The van der Waals surface area contributed by atoms with Gasteiger partial charge in [0.25, 0.3) is 0 Å². The van der Waals surface area contributed by atoms with Crippen molar-refractivity contribution in [3.63, 3.8) is 0 Å². The Labute approximate surface area is 251 Å². The van der Waals surface area contributed by atoms with Crippen LogP contribution in [0.1, 0.15) is 48.6 Å². The van der Waals surface area contributed by atoms with Gasteiger partial charge >= 0.3 is 10.2 Å². The third-order valence-corrected chi connectivity index (χ3v) is 8.70. The van der Waals surface area contributed by atoms with Crippen LogP contribution in [0, 0.1) is 20.8 Å². The zero-order valence-electron chi connectivity index (χ0n) is 26.0. The Morgan fingerprint density at radius 3 is 2.00 bits per heavy atom. The number of rotatable bonds is 11. The average molecular weight is 593 g/mol. The summed E-state index contributed by atoms with van der Waals surface area (Å²) in [6, 6.07) is 21.9. The number of amides is 2. The quantitative estimate of drug-likeness (QED) is 0.347. The normalized spacial score (nSPS) is 12.6. The molecule has 0 saturated heterocycles. The molecule has 0 aliphatic rings. The van der Waals surface area contributed by atoms with Crippen LogP contribution in [0.25, 0.3) is 0 Å². The summed E-state index contributed by atoms with van der Waals surface area (Å²) in [5.74, 6) is -0.785. The summed E-state index contributed by atoms with van der Waals surface area (Å²) in [4.78, 5) is 29.8. The molecule has 0 bridgehead atoms. The molecule has 0 fully saturated rings. The number of aryl methyl sites for hydroxylation is 3. The van der Waals surface area contributed by atoms with Gasteiger partial charge in [-0.25, -0.2) is 4.31 Å². The summed E-state index contributed by atoms with van der Waals surface area (Å²) in [6.07, 6.45) is 0.268. The molecule has 1 N–H and O–H groups in total. The molecule has 226 valence electrons. The van der Waals surface area contributed by atoms with Gasteiger partial charge in [0.1, 0.15) is 12.6 Å². The molecule has 0 saturated carbocycles. The highest BCUT2D eigenvalue weighted by Gasteiger charge is 2.36. The van der Waals surface area contributed by atoms with E-state index in [4.69, 9.17) is 0 Å². The second-order valence-corrected chi connectivity index (χ2v) is 14.1. The summed E-state index contributed by atoms with van der Waals surface area (Å²) < 4.78 is 29.5. The Kier molecular flexibility index (Phi) is 10.6. The first kappa shape index (κ1) is 32.8. The lowest BCUT2D eigenvalue weighted by Gasteiger charge is -2.36. The van der Waals surface area contributed by atoms with Crippen LogP contribution in [-0.2, 0) is 32.8 Å². The van der Waals surface area contributed by atoms with Crippen molar-refractivity contribution >= 4 is 27.7 Å². The minimum Gasteiger partial charge on any atom is -0.350 e. The zero-order chi connectivity index (χ0) is 31.2. The molecule has 42 heavy (non-hydrogen) atoms. The first-order valence-corrected chi connectivity index (χ1v) is 15.5. The van der Waals surface area contributed by atoms with Gasteiger partial charge in [0.15, 0.2) is 0 Å². The van der Waals surface area contributed by atoms with Gasteiger partial charge in [0.05, 0.1) is 5.69 Å². The highest BCUT2D eigenvalue weighted by atomic mass is 32.2. The Morgan fingerprint density at radius 1 is 0.833 bits per heavy atom. The van der Waals surface area contributed by atoms with E-state index in [1.165, 1.54) is 19.0 Å². The fourth-order valence-corrected chi connectivity index (χ4v) is 5.70. The molecule has 0 spiro atoms. The summed E-state index contributed by atoms with van der Waals surface area (Å²) >= 11 is 0. The summed E-state index contributed by atoms with van der Waals surface area (Å²) in [7, 11) is -1.17. The Balaban J connectivity index is 2.14. The van der Waals surface area contributed by atoms with E-state index in [1.807, 2.05) is 108 Å². The van der Waals surface area contributed by atoms with Crippen molar-refractivity contribution < 1.29 is 18.0 Å². The first-order chi connectivity index (χ1) is 19.6. The summed E-state index contributed by atoms with van der Waals surface area (Å²) in [6.45, 7) is 11.0. The Bertz CT molecular complexity index is 1480. The molecular weight excluding hydrogens is 548 g/mol. The van der Waals surface area contributed by atoms with E-state index in [0.717, 1.165) is 36.4 Å². The molecule has 3 aromatic rings. The van der Waals surface area contributed by atoms with Crippen molar-refractivity contribution in [2.24, 2.45) is 0 Å². The van der Waals surface area contributed by atoms with Crippen LogP contribution in [0.4, 0.5) is 5.69 Å². The van der Waals surface area contributed by atoms with Gasteiger partial charge in [-0.2, -0.15) is 12.7 Å². The smallest absolute Gasteiger partial charge is 0.304 e. The minimum atomic E-state index is -4.05. The fourth-order valence-electron chi connectivity index (χ4n) is 4.59. The summed E-state index contributed by atoms with van der Waals surface area (Å²) in [5.41, 5.74) is 4.26. The highest BCUT2D eigenvalue weighted by molar-refractivity contribution is 7.90. The second kappa shape index (κ2) is 13.5. The first-order valence-electron chi connectivity index (χ1n) is 14.1. The van der Waals surface area contributed by atoms with Gasteiger partial charge in [-0.15, -0.1) is 0 Å². The molecular formula is C33H44N4O4S. The largest absolute Gasteiger partial charge is 0.350 e. The van der Waals surface area contributed by atoms with Crippen LogP contribution < -0.4 is 9.62 Å². The van der Waals surface area contributed by atoms with Crippen molar-refractivity contribution in [1.82, 2.24) is 14.5 Å². The van der Waals surface area contributed by atoms with Crippen LogP contribution in [0.5, 0.6) is 0 Å². The van der Waals surface area contributed by atoms with Crippen molar-refractivity contribution in [1.29, 1.82) is 0 Å². The van der Waals surface area contributed by atoms with Gasteiger partial charge < -0.3 is 10.2 Å². The molecule has 3 aromatic carbocycles. The predicted octanol–water partition coefficient (Wildman–Crippen LogP) is 4.78. The topological polar surface area (TPSA) is 90.0 Å². The van der Waals surface area contributed by atoms with Crippen LogP contribution >= 0.6 is 0 Å². The molecule has 0 aliphatic carbocycles. The van der Waals surface area contributed by atoms with E-state index in [0.29, 0.717) is 5.69 Å². The fraction of sp³-hybridized carbons (Fsp3) is 0.394. The molecule has 0 aliphatic heterocycles. The lowest BCUT2D eigenvalue weighted by molar-refractivity contribution is -0.140. The van der Waals surface area contributed by atoms with Gasteiger partial charge in [-0.05, 0) is 69.9 Å². The maximum Gasteiger partial charge on any atom is 0.304 e. The number of anilines is 1. The number of hydrogen-bond acceptors (Lipinski definition) is 4. The maximum atomic E-state index is 14.4. The average Bonchev–Trinajstić information content (AvgIpc) is 2.91. The Hall–Kier alpha value is -3.69. The monoisotopic (exact) mass is 592 g/mol. The maximum absolute atomic E-state index is 14.4. The number of hydrogen-bond donors (Lipinski definition) is 1. The van der Waals surface area contributed by atoms with Crippen molar-refractivity contribution in [3.8, 4) is 0 Å². The van der Waals surface area contributed by atoms with Gasteiger partial charge in [0.2, 0.25) is 11.8 Å². The lowest BCUT2D eigenvalue weighted by atomic mass is 10.0. The molecule has 3 rings (SSSR count). The van der Waals surface area contributed by atoms with E-state index in [9.17, 15) is 18.0 Å². The van der Waals surface area contributed by atoms with Gasteiger partial charge in [-0.3, -0.25) is 9.59 Å². The minimum absolute atomic E-state index is 0.136. The Morgan fingerprint density at radius 2 is 1.43 bits per heavy atom. The number of carbonyl (C=O) groups is 2. The van der Waals surface area contributed by atoms with Crippen molar-refractivity contribution in [2.45, 2.75) is 66.1 Å². The number of nitrogens with one attached hydrogen (secondary N) is 1.